The number of urea groups is 1. The number of amides is 2. The molecule has 1 aliphatic heterocycles. The molecule has 1 aliphatic rings. The number of carbonyl (C=O) groups excluding carboxylic acids is 1. The van der Waals surface area contributed by atoms with Crippen molar-refractivity contribution in [3.8, 4) is 0 Å². The van der Waals surface area contributed by atoms with Gasteiger partial charge in [0.1, 0.15) is 0 Å². The Morgan fingerprint density at radius 2 is 2.05 bits per heavy atom. The topological polar surface area (TPSA) is 70.4 Å². The summed E-state index contributed by atoms with van der Waals surface area (Å²) in [6.07, 6.45) is 1.18. The number of nitrogens with one attached hydrogen (secondary N) is 2. The van der Waals surface area contributed by atoms with Crippen LogP contribution in [0, 0.1) is 0 Å². The van der Waals surface area contributed by atoms with E-state index < -0.39 is 6.03 Å². The van der Waals surface area contributed by atoms with E-state index in [1.807, 2.05) is 24.3 Å². The minimum absolute atomic E-state index is 0.293. The van der Waals surface area contributed by atoms with Crippen LogP contribution in [0.5, 0.6) is 0 Å². The van der Waals surface area contributed by atoms with Crippen LogP contribution in [-0.2, 0) is 0 Å². The Morgan fingerprint density at radius 1 is 1.40 bits per heavy atom. The molecule has 0 saturated carbocycles. The summed E-state index contributed by atoms with van der Waals surface area (Å²) in [4.78, 5) is 13.2. The molecule has 5 nitrogen and oxygen atoms in total. The smallest absolute Gasteiger partial charge is 0.316 e. The molecular weight excluding hydrogens is 252 g/mol. The van der Waals surface area contributed by atoms with E-state index in [2.05, 4.69) is 36.4 Å². The van der Waals surface area contributed by atoms with Crippen molar-refractivity contribution in [2.45, 2.75) is 38.4 Å². The highest BCUT2D eigenvalue weighted by atomic mass is 16.2. The number of primary amides is 1. The Kier molecular flexibility index (Phi) is 4.62. The van der Waals surface area contributed by atoms with Gasteiger partial charge >= 0.3 is 6.03 Å². The molecule has 2 rings (SSSR count). The summed E-state index contributed by atoms with van der Waals surface area (Å²) in [7, 11) is 2.17. The van der Waals surface area contributed by atoms with Crippen molar-refractivity contribution < 1.29 is 4.79 Å². The molecule has 2 amide bonds. The van der Waals surface area contributed by atoms with E-state index in [-0.39, 0.29) is 0 Å². The van der Waals surface area contributed by atoms with E-state index in [1.165, 1.54) is 12.0 Å². The first-order chi connectivity index (χ1) is 9.45. The minimum Gasteiger partial charge on any atom is -0.351 e. The molecule has 20 heavy (non-hydrogen) atoms. The number of carbonyl (C=O) groups is 1. The summed E-state index contributed by atoms with van der Waals surface area (Å²) in [5, 5.41) is 6.23. The summed E-state index contributed by atoms with van der Waals surface area (Å²) >= 11 is 0. The van der Waals surface area contributed by atoms with Gasteiger partial charge in [-0.1, -0.05) is 12.1 Å². The number of likely N-dealkylation sites (tertiary alicyclic amines) is 1. The van der Waals surface area contributed by atoms with Crippen molar-refractivity contribution in [1.29, 1.82) is 0 Å². The van der Waals surface area contributed by atoms with Gasteiger partial charge in [0.15, 0.2) is 0 Å². The second kappa shape index (κ2) is 6.24. The second-order valence-electron chi connectivity index (χ2n) is 5.72. The monoisotopic (exact) mass is 276 g/mol. The van der Waals surface area contributed by atoms with Crippen LogP contribution >= 0.6 is 0 Å². The van der Waals surface area contributed by atoms with Gasteiger partial charge in [-0.2, -0.15) is 0 Å². The van der Waals surface area contributed by atoms with Crippen LogP contribution in [0.25, 0.3) is 0 Å². The van der Waals surface area contributed by atoms with E-state index in [0.29, 0.717) is 18.1 Å². The van der Waals surface area contributed by atoms with Gasteiger partial charge in [0, 0.05) is 30.4 Å². The van der Waals surface area contributed by atoms with E-state index in [9.17, 15) is 4.79 Å². The molecule has 5 heteroatoms. The highest BCUT2D eigenvalue weighted by Crippen LogP contribution is 2.21. The Bertz CT molecular complexity index is 449. The highest BCUT2D eigenvalue weighted by molar-refractivity contribution is 5.87. The molecule has 1 fully saturated rings. The SMILES string of the molecule is CC(NC1CC(C)N(C)C1)c1ccc(NC(N)=O)cc1. The van der Waals surface area contributed by atoms with Crippen LogP contribution in [0.15, 0.2) is 24.3 Å². The quantitative estimate of drug-likeness (QED) is 0.787. The molecule has 0 radical (unpaired) electrons. The summed E-state index contributed by atoms with van der Waals surface area (Å²) in [6, 6.07) is 8.72. The summed E-state index contributed by atoms with van der Waals surface area (Å²) in [5.41, 5.74) is 7.03. The molecule has 0 bridgehead atoms. The molecule has 0 aliphatic carbocycles. The predicted molar refractivity (Wildman–Crippen MR) is 81.7 cm³/mol. The Balaban J connectivity index is 1.92. The predicted octanol–water partition coefficient (Wildman–Crippen LogP) is 1.92. The number of hydrogen-bond acceptors (Lipinski definition) is 3. The highest BCUT2D eigenvalue weighted by Gasteiger charge is 2.26. The Labute approximate surface area is 120 Å². The van der Waals surface area contributed by atoms with Crippen LogP contribution in [0.1, 0.15) is 31.9 Å². The van der Waals surface area contributed by atoms with Crippen molar-refractivity contribution in [3.63, 3.8) is 0 Å². The summed E-state index contributed by atoms with van der Waals surface area (Å²) < 4.78 is 0. The third-order valence-electron chi connectivity index (χ3n) is 4.05. The zero-order valence-electron chi connectivity index (χ0n) is 12.4. The zero-order valence-corrected chi connectivity index (χ0v) is 12.4. The zero-order chi connectivity index (χ0) is 14.7. The van der Waals surface area contributed by atoms with Gasteiger partial charge in [0.2, 0.25) is 0 Å². The molecule has 110 valence electrons. The largest absolute Gasteiger partial charge is 0.351 e. The van der Waals surface area contributed by atoms with Crippen molar-refractivity contribution in [1.82, 2.24) is 10.2 Å². The third-order valence-corrected chi connectivity index (χ3v) is 4.05. The summed E-state index contributed by atoms with van der Waals surface area (Å²) in [5.74, 6) is 0. The minimum atomic E-state index is -0.535. The fraction of sp³-hybridized carbons (Fsp3) is 0.533. The molecule has 1 saturated heterocycles. The maximum absolute atomic E-state index is 10.8. The van der Waals surface area contributed by atoms with Crippen LogP contribution in [0.3, 0.4) is 0 Å². The molecule has 3 unspecified atom stereocenters. The maximum atomic E-state index is 10.8. The molecule has 3 atom stereocenters. The summed E-state index contributed by atoms with van der Waals surface area (Å²) in [6.45, 7) is 5.52. The normalized spacial score (nSPS) is 24.6. The molecular formula is C15H24N4O. The van der Waals surface area contributed by atoms with E-state index in [4.69, 9.17) is 5.73 Å². The van der Waals surface area contributed by atoms with Crippen LogP contribution in [-0.4, -0.2) is 36.6 Å². The van der Waals surface area contributed by atoms with Gasteiger partial charge in [-0.15, -0.1) is 0 Å². The van der Waals surface area contributed by atoms with E-state index in [1.54, 1.807) is 0 Å². The number of rotatable bonds is 4. The van der Waals surface area contributed by atoms with Crippen molar-refractivity contribution in [2.24, 2.45) is 5.73 Å². The van der Waals surface area contributed by atoms with Gasteiger partial charge < -0.3 is 21.3 Å². The maximum Gasteiger partial charge on any atom is 0.316 e. The number of likely N-dealkylation sites (N-methyl/N-ethyl adjacent to an activating group) is 1. The average Bonchev–Trinajstić information content (AvgIpc) is 2.68. The van der Waals surface area contributed by atoms with E-state index >= 15 is 0 Å². The van der Waals surface area contributed by atoms with Gasteiger partial charge in [-0.05, 0) is 45.0 Å². The fourth-order valence-corrected chi connectivity index (χ4v) is 2.76. The number of hydrogen-bond donors (Lipinski definition) is 3. The van der Waals surface area contributed by atoms with Crippen molar-refractivity contribution >= 4 is 11.7 Å². The Hall–Kier alpha value is -1.59. The lowest BCUT2D eigenvalue weighted by Crippen LogP contribution is -2.33. The lowest BCUT2D eigenvalue weighted by molar-refractivity contribution is 0.259. The molecule has 1 heterocycles. The molecule has 0 aromatic heterocycles. The van der Waals surface area contributed by atoms with Crippen molar-refractivity contribution in [3.05, 3.63) is 29.8 Å². The van der Waals surface area contributed by atoms with Gasteiger partial charge in [-0.3, -0.25) is 0 Å². The lowest BCUT2D eigenvalue weighted by atomic mass is 10.1. The Morgan fingerprint density at radius 3 is 2.55 bits per heavy atom. The molecule has 4 N–H and O–H groups in total. The van der Waals surface area contributed by atoms with Crippen molar-refractivity contribution in [2.75, 3.05) is 18.9 Å². The van der Waals surface area contributed by atoms with Crippen LogP contribution in [0.2, 0.25) is 0 Å². The molecule has 0 spiro atoms. The molecule has 1 aromatic carbocycles. The van der Waals surface area contributed by atoms with Gasteiger partial charge in [-0.25, -0.2) is 4.79 Å². The average molecular weight is 276 g/mol. The number of nitrogens with two attached hydrogens (primary N) is 1. The third kappa shape index (κ3) is 3.71. The first-order valence-corrected chi connectivity index (χ1v) is 7.08. The number of anilines is 1. The standard InChI is InChI=1S/C15H24N4O/c1-10-8-14(9-19(10)3)17-11(2)12-4-6-13(7-5-12)18-15(16)20/h4-7,10-11,14,17H,8-9H2,1-3H3,(H3,16,18,20). The lowest BCUT2D eigenvalue weighted by Gasteiger charge is -2.20. The van der Waals surface area contributed by atoms with Gasteiger partial charge in [0.25, 0.3) is 0 Å². The van der Waals surface area contributed by atoms with Crippen LogP contribution in [0.4, 0.5) is 10.5 Å². The number of nitrogens with zero attached hydrogens (tertiary/aromatic N) is 1. The van der Waals surface area contributed by atoms with E-state index in [0.717, 1.165) is 12.2 Å². The first kappa shape index (κ1) is 14.8. The van der Waals surface area contributed by atoms with Crippen LogP contribution < -0.4 is 16.4 Å². The first-order valence-electron chi connectivity index (χ1n) is 7.08. The van der Waals surface area contributed by atoms with Gasteiger partial charge in [0.05, 0.1) is 0 Å². The second-order valence-corrected chi connectivity index (χ2v) is 5.72. The number of benzene rings is 1. The fourth-order valence-electron chi connectivity index (χ4n) is 2.76. The molecule has 1 aromatic rings.